The summed E-state index contributed by atoms with van der Waals surface area (Å²) in [7, 11) is 0. The van der Waals surface area contributed by atoms with E-state index in [9.17, 15) is 0 Å². The molecule has 5 heterocycles. The molecule has 0 fully saturated rings. The van der Waals surface area contributed by atoms with Crippen molar-refractivity contribution in [1.29, 1.82) is 0 Å². The van der Waals surface area contributed by atoms with Gasteiger partial charge in [-0.1, -0.05) is 55.9 Å². The number of fused-ring (bicyclic) bond motifs is 10. The summed E-state index contributed by atoms with van der Waals surface area (Å²) in [6.07, 6.45) is 1.96. The van der Waals surface area contributed by atoms with E-state index >= 15 is 0 Å². The Balaban J connectivity index is 0.00000277. The van der Waals surface area contributed by atoms with E-state index < -0.39 is 10.8 Å². The minimum absolute atomic E-state index is 0. The largest absolute Gasteiger partial charge is 0.458 e. The summed E-state index contributed by atoms with van der Waals surface area (Å²) >= 11 is 0. The fraction of sp³-hybridized carbons (Fsp3) is 0.214. The molecule has 0 unspecified atom stereocenters. The third kappa shape index (κ3) is 3.85. The van der Waals surface area contributed by atoms with Gasteiger partial charge in [-0.15, -0.1) is 5.82 Å². The quantitative estimate of drug-likeness (QED) is 0.232. The maximum Gasteiger partial charge on any atom is 0.124 e. The van der Waals surface area contributed by atoms with Crippen LogP contribution in [0.3, 0.4) is 0 Å². The van der Waals surface area contributed by atoms with Crippen LogP contribution >= 0.6 is 0 Å². The Hall–Kier alpha value is -4.34. The van der Waals surface area contributed by atoms with Gasteiger partial charge in [0, 0.05) is 51.4 Å². The molecule has 4 aromatic heterocycles. The zero-order chi connectivity index (χ0) is 26.1. The van der Waals surface area contributed by atoms with Crippen LogP contribution in [-0.2, 0) is 27.9 Å². The maximum absolute atomic E-state index is 5.09. The van der Waals surface area contributed by atoms with E-state index in [4.69, 9.17) is 20.1 Å². The minimum atomic E-state index is -0.727. The molecule has 39 heavy (non-hydrogen) atoms. The molecule has 0 saturated heterocycles. The van der Waals surface area contributed by atoms with Crippen LogP contribution in [0.5, 0.6) is 0 Å². The van der Waals surface area contributed by atoms with Crippen LogP contribution in [0.2, 0.25) is 0 Å². The van der Waals surface area contributed by atoms with Crippen molar-refractivity contribution in [3.63, 3.8) is 0 Å². The Labute approximate surface area is 235 Å². The second-order valence-electron chi connectivity index (χ2n) is 10.4. The molecule has 0 spiro atoms. The van der Waals surface area contributed by atoms with E-state index in [0.29, 0.717) is 34.7 Å². The smallest absolute Gasteiger partial charge is 0.124 e. The van der Waals surface area contributed by atoms with Gasteiger partial charge >= 0.3 is 0 Å². The van der Waals surface area contributed by atoms with Crippen molar-refractivity contribution >= 4 is 0 Å². The van der Waals surface area contributed by atoms with Gasteiger partial charge in [0.25, 0.3) is 0 Å². The summed E-state index contributed by atoms with van der Waals surface area (Å²) < 4.78 is 3.96. The fourth-order valence-corrected chi connectivity index (χ4v) is 4.76. The van der Waals surface area contributed by atoms with Crippen molar-refractivity contribution in [1.82, 2.24) is 49.7 Å². The average Bonchev–Trinajstić information content (AvgIpc) is 3.73. The normalized spacial score (nSPS) is 14.9. The van der Waals surface area contributed by atoms with Gasteiger partial charge in [-0.05, 0) is 49.6 Å². The molecule has 7 rings (SSSR count). The number of rotatable bonds is 2. The number of hydrogen-bond donors (Lipinski definition) is 0. The summed E-state index contributed by atoms with van der Waals surface area (Å²) in [4.78, 5) is 14.6. The molecule has 0 amide bonds. The minimum Gasteiger partial charge on any atom is -0.458 e. The molecule has 8 bridgehead atoms. The van der Waals surface area contributed by atoms with Crippen molar-refractivity contribution in [2.75, 3.05) is 0 Å². The van der Waals surface area contributed by atoms with Gasteiger partial charge in [-0.3, -0.25) is 4.68 Å². The number of hydrogen-bond acceptors (Lipinski definition) is 6. The third-order valence-corrected chi connectivity index (χ3v) is 7.00. The molecule has 0 N–H and O–H groups in total. The number of para-hydroxylation sites is 2. The molecule has 11 heteroatoms. The number of aromatic nitrogens is 10. The van der Waals surface area contributed by atoms with E-state index in [1.807, 2.05) is 85.4 Å². The Bertz CT molecular complexity index is 1650. The molecule has 199 valence electrons. The molecule has 1 aliphatic rings. The first-order valence-corrected chi connectivity index (χ1v) is 12.3. The van der Waals surface area contributed by atoms with Crippen LogP contribution in [0.15, 0.2) is 66.9 Å². The maximum atomic E-state index is 5.09. The van der Waals surface area contributed by atoms with Gasteiger partial charge in [-0.25, -0.2) is 10.1 Å². The zero-order valence-corrected chi connectivity index (χ0v) is 22.6. The van der Waals surface area contributed by atoms with Crippen LogP contribution in [0, 0.1) is 6.07 Å². The van der Waals surface area contributed by atoms with Crippen LogP contribution in [0.1, 0.15) is 50.9 Å². The second-order valence-corrected chi connectivity index (χ2v) is 10.4. The topological polar surface area (TPSA) is 115 Å². The first kappa shape index (κ1) is 25.0. The zero-order valence-electron chi connectivity index (χ0n) is 21.6. The first-order valence-electron chi connectivity index (χ1n) is 12.3. The summed E-state index contributed by atoms with van der Waals surface area (Å²) in [5.74, 6) is 2.60. The molecule has 1 aliphatic heterocycles. The number of imidazole rings is 1. The van der Waals surface area contributed by atoms with Crippen LogP contribution in [-0.4, -0.2) is 39.7 Å². The van der Waals surface area contributed by atoms with Gasteiger partial charge in [-0.2, -0.15) is 6.07 Å². The van der Waals surface area contributed by atoms with Gasteiger partial charge in [0.05, 0.1) is 11.4 Å². The van der Waals surface area contributed by atoms with Gasteiger partial charge < -0.3 is 34.9 Å². The van der Waals surface area contributed by atoms with Crippen molar-refractivity contribution in [3.8, 4) is 34.4 Å². The van der Waals surface area contributed by atoms with E-state index in [-0.39, 0.29) is 17.1 Å². The van der Waals surface area contributed by atoms with Crippen LogP contribution in [0.4, 0.5) is 0 Å². The predicted octanol–water partition coefficient (Wildman–Crippen LogP) is 3.65. The van der Waals surface area contributed by atoms with Gasteiger partial charge in [0.2, 0.25) is 0 Å². The van der Waals surface area contributed by atoms with Crippen molar-refractivity contribution in [3.05, 3.63) is 96.1 Å². The Morgan fingerprint density at radius 3 is 1.97 bits per heavy atom. The monoisotopic (exact) mass is 562 g/mol. The molecular weight excluding hydrogens is 540 g/mol. The van der Waals surface area contributed by atoms with E-state index in [2.05, 4.69) is 44.9 Å². The SMILES string of the molecule is CC1(C)c2nnc([n-]2)-c2[c-]c(n(-c3ccccc3)n2)C(C)(C)c2nc(cn2-c2ccccc2)-c2nnc1[n-]2.[Cu]. The van der Waals surface area contributed by atoms with Crippen molar-refractivity contribution in [2.24, 2.45) is 0 Å². The molecule has 0 saturated carbocycles. The average molecular weight is 563 g/mol. The van der Waals surface area contributed by atoms with Crippen molar-refractivity contribution < 1.29 is 17.1 Å². The molecule has 0 atom stereocenters. The molecular formula is C28H23CuN10-3. The van der Waals surface area contributed by atoms with Gasteiger partial charge in [0.1, 0.15) is 5.82 Å². The van der Waals surface area contributed by atoms with Crippen LogP contribution < -0.4 is 9.97 Å². The number of benzene rings is 2. The summed E-state index contributed by atoms with van der Waals surface area (Å²) in [5, 5.41) is 22.4. The van der Waals surface area contributed by atoms with E-state index in [1.54, 1.807) is 0 Å². The Morgan fingerprint density at radius 1 is 0.718 bits per heavy atom. The molecule has 10 nitrogen and oxygen atoms in total. The molecule has 6 aromatic rings. The Kier molecular flexibility index (Phi) is 5.67. The first-order chi connectivity index (χ1) is 18.3. The Morgan fingerprint density at radius 2 is 1.31 bits per heavy atom. The molecule has 0 aliphatic carbocycles. The second kappa shape index (κ2) is 8.86. The predicted molar refractivity (Wildman–Crippen MR) is 139 cm³/mol. The number of nitrogens with zero attached hydrogens (tertiary/aromatic N) is 10. The van der Waals surface area contributed by atoms with E-state index in [0.717, 1.165) is 22.9 Å². The molecule has 2 aromatic carbocycles. The van der Waals surface area contributed by atoms with Crippen molar-refractivity contribution in [2.45, 2.75) is 38.5 Å². The van der Waals surface area contributed by atoms with Gasteiger partial charge in [0.15, 0.2) is 0 Å². The standard InChI is InChI=1S/C28H23N10.Cu/c1-27(2)21-15-19(36-38(21)18-13-9-6-10-14-18)22-30-24(34-32-22)28(3,4)25-31-23(33-35-25)20-16-37(26(27)29-20)17-11-7-5-8-12-17;/h5-14,16H,1-4H3;/q-3;. The fourth-order valence-electron chi connectivity index (χ4n) is 4.76. The third-order valence-electron chi connectivity index (χ3n) is 7.00. The summed E-state index contributed by atoms with van der Waals surface area (Å²) in [6.45, 7) is 8.12. The van der Waals surface area contributed by atoms with E-state index in [1.165, 1.54) is 0 Å². The summed E-state index contributed by atoms with van der Waals surface area (Å²) in [5.41, 5.74) is 2.41. The molecule has 1 radical (unpaired) electrons. The summed E-state index contributed by atoms with van der Waals surface area (Å²) in [6, 6.07) is 23.6. The van der Waals surface area contributed by atoms with Crippen LogP contribution in [0.25, 0.3) is 34.4 Å².